The maximum atomic E-state index is 12.3. The molecule has 0 unspecified atom stereocenters. The Balaban J connectivity index is 3.19. The summed E-state index contributed by atoms with van der Waals surface area (Å²) in [5.74, 6) is 0. The summed E-state index contributed by atoms with van der Waals surface area (Å²) in [6.07, 6.45) is -4.36. The fraction of sp³-hybridized carbons (Fsp3) is 0.222. The van der Waals surface area contributed by atoms with Crippen molar-refractivity contribution in [2.24, 2.45) is 0 Å². The topological polar surface area (TPSA) is 20.2 Å². The Morgan fingerprint density at radius 1 is 1.31 bits per heavy atom. The highest BCUT2D eigenvalue weighted by Gasteiger charge is 2.32. The van der Waals surface area contributed by atoms with Crippen LogP contribution in [0.25, 0.3) is 0 Å². The number of aliphatic hydroxyl groups excluding tert-OH is 1. The molecule has 0 aromatic heterocycles. The lowest BCUT2D eigenvalue weighted by molar-refractivity contribution is -0.138. The predicted molar refractivity (Wildman–Crippen MR) is 41.5 cm³/mol. The third kappa shape index (κ3) is 2.21. The first-order chi connectivity index (χ1) is 5.95. The SMILES string of the molecule is Cc1ccc([CH]O)cc1C(F)(F)F. The second-order valence-electron chi connectivity index (χ2n) is 2.70. The van der Waals surface area contributed by atoms with Crippen molar-refractivity contribution in [3.63, 3.8) is 0 Å². The molecule has 0 aliphatic rings. The number of aryl methyl sites for hydroxylation is 1. The van der Waals surface area contributed by atoms with Gasteiger partial charge in [0.1, 0.15) is 6.61 Å². The molecular formula is C9H8F3O. The zero-order chi connectivity index (χ0) is 10.1. The van der Waals surface area contributed by atoms with Crippen LogP contribution in [-0.4, -0.2) is 5.11 Å². The molecule has 0 aliphatic heterocycles. The fourth-order valence-corrected chi connectivity index (χ4v) is 1.03. The van der Waals surface area contributed by atoms with Crippen LogP contribution in [-0.2, 0) is 6.18 Å². The number of hydrogen-bond acceptors (Lipinski definition) is 1. The lowest BCUT2D eigenvalue weighted by atomic mass is 10.1. The van der Waals surface area contributed by atoms with Gasteiger partial charge in [0.25, 0.3) is 0 Å². The molecule has 0 aliphatic carbocycles. The highest BCUT2D eigenvalue weighted by atomic mass is 19.4. The largest absolute Gasteiger partial charge is 0.416 e. The van der Waals surface area contributed by atoms with E-state index in [9.17, 15) is 13.2 Å². The Hall–Kier alpha value is -1.03. The smallest absolute Gasteiger partial charge is 0.385 e. The van der Waals surface area contributed by atoms with Gasteiger partial charge in [0.2, 0.25) is 0 Å². The molecule has 71 valence electrons. The van der Waals surface area contributed by atoms with Gasteiger partial charge in [-0.3, -0.25) is 0 Å². The molecule has 0 fully saturated rings. The van der Waals surface area contributed by atoms with Gasteiger partial charge >= 0.3 is 6.18 Å². The molecule has 1 nitrogen and oxygen atoms in total. The lowest BCUT2D eigenvalue weighted by Gasteiger charge is -2.10. The summed E-state index contributed by atoms with van der Waals surface area (Å²) in [5, 5.41) is 8.53. The van der Waals surface area contributed by atoms with Crippen LogP contribution >= 0.6 is 0 Å². The quantitative estimate of drug-likeness (QED) is 0.720. The van der Waals surface area contributed by atoms with Crippen molar-refractivity contribution >= 4 is 0 Å². The molecular weight excluding hydrogens is 181 g/mol. The van der Waals surface area contributed by atoms with E-state index in [1.165, 1.54) is 19.1 Å². The van der Waals surface area contributed by atoms with Gasteiger partial charge in [-0.15, -0.1) is 0 Å². The molecule has 0 heterocycles. The van der Waals surface area contributed by atoms with Gasteiger partial charge in [-0.2, -0.15) is 13.2 Å². The van der Waals surface area contributed by atoms with Gasteiger partial charge in [0, 0.05) is 0 Å². The Kier molecular flexibility index (Phi) is 2.61. The minimum atomic E-state index is -4.36. The van der Waals surface area contributed by atoms with Crippen molar-refractivity contribution in [3.05, 3.63) is 41.5 Å². The van der Waals surface area contributed by atoms with E-state index in [4.69, 9.17) is 5.11 Å². The van der Waals surface area contributed by atoms with Crippen LogP contribution in [0.15, 0.2) is 18.2 Å². The third-order valence-corrected chi connectivity index (χ3v) is 1.72. The molecule has 1 rings (SSSR count). The monoisotopic (exact) mass is 189 g/mol. The van der Waals surface area contributed by atoms with Gasteiger partial charge in [-0.25, -0.2) is 0 Å². The van der Waals surface area contributed by atoms with Crippen LogP contribution in [0.4, 0.5) is 13.2 Å². The van der Waals surface area contributed by atoms with Crippen molar-refractivity contribution in [1.82, 2.24) is 0 Å². The average Bonchev–Trinajstić information content (AvgIpc) is 2.03. The first kappa shape index (κ1) is 10.1. The van der Waals surface area contributed by atoms with E-state index >= 15 is 0 Å². The van der Waals surface area contributed by atoms with E-state index in [-0.39, 0.29) is 11.1 Å². The number of halogens is 3. The maximum Gasteiger partial charge on any atom is 0.416 e. The van der Waals surface area contributed by atoms with Crippen LogP contribution in [0.1, 0.15) is 16.7 Å². The zero-order valence-electron chi connectivity index (χ0n) is 6.89. The normalized spacial score (nSPS) is 11.8. The Morgan fingerprint density at radius 2 is 1.92 bits per heavy atom. The van der Waals surface area contributed by atoms with Crippen LogP contribution in [0.3, 0.4) is 0 Å². The number of benzene rings is 1. The molecule has 0 spiro atoms. The van der Waals surface area contributed by atoms with Crippen LogP contribution in [0, 0.1) is 13.5 Å². The summed E-state index contributed by atoms with van der Waals surface area (Å²) < 4.78 is 36.8. The van der Waals surface area contributed by atoms with Crippen molar-refractivity contribution in [3.8, 4) is 0 Å². The highest BCUT2D eigenvalue weighted by Crippen LogP contribution is 2.32. The number of aliphatic hydroxyl groups is 1. The summed E-state index contributed by atoms with van der Waals surface area (Å²) >= 11 is 0. The first-order valence-corrected chi connectivity index (χ1v) is 3.60. The van der Waals surface area contributed by atoms with Gasteiger partial charge in [0.05, 0.1) is 5.56 Å². The van der Waals surface area contributed by atoms with E-state index in [1.807, 2.05) is 0 Å². The molecule has 1 aromatic carbocycles. The average molecular weight is 189 g/mol. The van der Waals surface area contributed by atoms with Crippen LogP contribution in [0.2, 0.25) is 0 Å². The molecule has 0 saturated heterocycles. The van der Waals surface area contributed by atoms with Gasteiger partial charge < -0.3 is 5.11 Å². The summed E-state index contributed by atoms with van der Waals surface area (Å²) in [5.41, 5.74) is -0.411. The maximum absolute atomic E-state index is 12.3. The second kappa shape index (κ2) is 3.38. The number of rotatable bonds is 1. The van der Waals surface area contributed by atoms with E-state index in [2.05, 4.69) is 0 Å². The van der Waals surface area contributed by atoms with Crippen molar-refractivity contribution < 1.29 is 18.3 Å². The molecule has 13 heavy (non-hydrogen) atoms. The summed E-state index contributed by atoms with van der Waals surface area (Å²) in [7, 11) is 0. The van der Waals surface area contributed by atoms with E-state index in [0.29, 0.717) is 6.61 Å². The first-order valence-electron chi connectivity index (χ1n) is 3.60. The second-order valence-corrected chi connectivity index (χ2v) is 2.70. The summed E-state index contributed by atoms with van der Waals surface area (Å²) in [6.45, 7) is 2.03. The summed E-state index contributed by atoms with van der Waals surface area (Å²) in [4.78, 5) is 0. The minimum Gasteiger partial charge on any atom is -0.385 e. The molecule has 1 radical (unpaired) electrons. The Morgan fingerprint density at radius 3 is 2.38 bits per heavy atom. The minimum absolute atomic E-state index is 0.151. The standard InChI is InChI=1S/C9H8F3O/c1-6-2-3-7(5-13)4-8(6)9(10,11)12/h2-5,13H,1H3. The molecule has 0 saturated carbocycles. The van der Waals surface area contributed by atoms with E-state index in [0.717, 1.165) is 6.07 Å². The molecule has 0 bridgehead atoms. The Labute approximate surface area is 73.8 Å². The van der Waals surface area contributed by atoms with Gasteiger partial charge in [0.15, 0.2) is 0 Å². The molecule has 4 heteroatoms. The lowest BCUT2D eigenvalue weighted by Crippen LogP contribution is -2.07. The molecule has 0 amide bonds. The van der Waals surface area contributed by atoms with Crippen molar-refractivity contribution in [1.29, 1.82) is 0 Å². The summed E-state index contributed by atoms with van der Waals surface area (Å²) in [6, 6.07) is 3.66. The third-order valence-electron chi connectivity index (χ3n) is 1.72. The van der Waals surface area contributed by atoms with Gasteiger partial charge in [-0.1, -0.05) is 12.1 Å². The zero-order valence-corrected chi connectivity index (χ0v) is 6.89. The van der Waals surface area contributed by atoms with Crippen LogP contribution < -0.4 is 0 Å². The highest BCUT2D eigenvalue weighted by molar-refractivity contribution is 5.35. The van der Waals surface area contributed by atoms with E-state index in [1.54, 1.807) is 0 Å². The number of alkyl halides is 3. The molecule has 1 N–H and O–H groups in total. The Bertz CT molecular complexity index is 304. The van der Waals surface area contributed by atoms with Gasteiger partial charge in [-0.05, 0) is 24.1 Å². The van der Waals surface area contributed by atoms with E-state index < -0.39 is 11.7 Å². The number of hydrogen-bond donors (Lipinski definition) is 1. The van der Waals surface area contributed by atoms with Crippen LogP contribution in [0.5, 0.6) is 0 Å². The van der Waals surface area contributed by atoms with Crippen molar-refractivity contribution in [2.75, 3.05) is 0 Å². The fourth-order valence-electron chi connectivity index (χ4n) is 1.03. The molecule has 0 atom stereocenters. The predicted octanol–water partition coefficient (Wildman–Crippen LogP) is 2.90. The van der Waals surface area contributed by atoms with Crippen molar-refractivity contribution in [2.45, 2.75) is 13.1 Å². The molecule has 1 aromatic rings.